The van der Waals surface area contributed by atoms with E-state index >= 15 is 0 Å². The third kappa shape index (κ3) is 1.85. The normalized spacial score (nSPS) is 39.8. The lowest BCUT2D eigenvalue weighted by Crippen LogP contribution is -2.12. The monoisotopic (exact) mass is 152 g/mol. The Morgan fingerprint density at radius 3 is 1.88 bits per heavy atom. The van der Waals surface area contributed by atoms with Crippen LogP contribution in [-0.2, 0) is 8.37 Å². The van der Waals surface area contributed by atoms with Crippen molar-refractivity contribution in [2.75, 3.05) is 0 Å². The largest absolute Gasteiger partial charge is 0.277 e. The molecule has 0 radical (unpaired) electrons. The molecule has 1 saturated heterocycles. The van der Waals surface area contributed by atoms with Crippen molar-refractivity contribution in [3.63, 3.8) is 0 Å². The molecular weight excluding hydrogens is 144 g/mol. The topological polar surface area (TPSA) is 18.5 Å². The van der Waals surface area contributed by atoms with E-state index in [0.29, 0.717) is 0 Å². The lowest BCUT2D eigenvalue weighted by atomic mass is 10.9. The maximum absolute atomic E-state index is 5.01. The van der Waals surface area contributed by atoms with Crippen LogP contribution in [0.15, 0.2) is 0 Å². The second-order valence-corrected chi connectivity index (χ2v) is 3.65. The van der Waals surface area contributed by atoms with E-state index in [2.05, 4.69) is 0 Å². The van der Waals surface area contributed by atoms with E-state index in [4.69, 9.17) is 8.37 Å². The minimum absolute atomic E-state index is 0.267. The second kappa shape index (κ2) is 2.96. The molecule has 1 rings (SSSR count). The molecule has 4 heteroatoms. The van der Waals surface area contributed by atoms with Gasteiger partial charge in [0.2, 0.25) is 0 Å². The average molecular weight is 152 g/mol. The first-order chi connectivity index (χ1) is 3.79. The van der Waals surface area contributed by atoms with Gasteiger partial charge in [0.25, 0.3) is 0 Å². The summed E-state index contributed by atoms with van der Waals surface area (Å²) in [7, 11) is 0. The summed E-state index contributed by atoms with van der Waals surface area (Å²) < 4.78 is 10.0. The summed E-state index contributed by atoms with van der Waals surface area (Å²) in [5.41, 5.74) is 0.535. The molecule has 0 aromatic heterocycles. The summed E-state index contributed by atoms with van der Waals surface area (Å²) in [6.45, 7) is 4.02. The first-order valence-corrected chi connectivity index (χ1v) is 4.04. The molecule has 0 saturated carbocycles. The van der Waals surface area contributed by atoms with Crippen LogP contribution in [0.5, 0.6) is 0 Å². The van der Waals surface area contributed by atoms with Crippen molar-refractivity contribution in [3.05, 3.63) is 0 Å². The number of thioether (sulfide) groups is 1. The standard InChI is InChI=1S/C4H8O2S2/c1-3-5-8-6-4(2)7-3/h3-4H,1-2H3. The van der Waals surface area contributed by atoms with Gasteiger partial charge in [0, 0.05) is 0 Å². The Hall–Kier alpha value is 0.620. The van der Waals surface area contributed by atoms with Crippen LogP contribution < -0.4 is 0 Å². The highest BCUT2D eigenvalue weighted by Crippen LogP contribution is 2.31. The van der Waals surface area contributed by atoms with Crippen molar-refractivity contribution in [2.24, 2.45) is 0 Å². The minimum Gasteiger partial charge on any atom is -0.277 e. The smallest absolute Gasteiger partial charge is 0.160 e. The van der Waals surface area contributed by atoms with Gasteiger partial charge in [-0.15, -0.1) is 0 Å². The molecule has 1 fully saturated rings. The van der Waals surface area contributed by atoms with E-state index in [0.717, 1.165) is 12.3 Å². The van der Waals surface area contributed by atoms with Crippen LogP contribution in [0.2, 0.25) is 0 Å². The molecule has 2 nitrogen and oxygen atoms in total. The van der Waals surface area contributed by atoms with E-state index in [-0.39, 0.29) is 10.9 Å². The lowest BCUT2D eigenvalue weighted by Gasteiger charge is -2.21. The third-order valence-electron chi connectivity index (χ3n) is 0.733. The molecule has 8 heavy (non-hydrogen) atoms. The minimum atomic E-state index is 0.267. The summed E-state index contributed by atoms with van der Waals surface area (Å²) in [5, 5.41) is 0. The zero-order chi connectivity index (χ0) is 5.98. The first-order valence-electron chi connectivity index (χ1n) is 2.43. The molecular formula is C4H8O2S2. The van der Waals surface area contributed by atoms with Crippen LogP contribution in [0.1, 0.15) is 13.8 Å². The van der Waals surface area contributed by atoms with Crippen molar-refractivity contribution in [3.8, 4) is 0 Å². The van der Waals surface area contributed by atoms with Crippen molar-refractivity contribution in [1.29, 1.82) is 0 Å². The maximum atomic E-state index is 5.01. The second-order valence-electron chi connectivity index (χ2n) is 1.53. The Morgan fingerprint density at radius 2 is 1.62 bits per heavy atom. The molecule has 0 bridgehead atoms. The van der Waals surface area contributed by atoms with Gasteiger partial charge >= 0.3 is 0 Å². The Labute approximate surface area is 57.7 Å². The van der Waals surface area contributed by atoms with Crippen molar-refractivity contribution in [1.82, 2.24) is 0 Å². The predicted molar refractivity (Wildman–Crippen MR) is 36.3 cm³/mol. The molecule has 1 heterocycles. The van der Waals surface area contributed by atoms with Gasteiger partial charge in [-0.25, -0.2) is 0 Å². The van der Waals surface area contributed by atoms with Crippen LogP contribution in [0.25, 0.3) is 0 Å². The Balaban J connectivity index is 2.23. The van der Waals surface area contributed by atoms with E-state index < -0.39 is 0 Å². The first kappa shape index (κ1) is 6.74. The van der Waals surface area contributed by atoms with Gasteiger partial charge in [0.05, 0.1) is 0 Å². The molecule has 0 aliphatic carbocycles. The molecule has 0 aromatic rings. The lowest BCUT2D eigenvalue weighted by molar-refractivity contribution is 0.248. The van der Waals surface area contributed by atoms with Crippen LogP contribution >= 0.6 is 24.1 Å². The fraction of sp³-hybridized carbons (Fsp3) is 1.00. The highest BCUT2D eigenvalue weighted by molar-refractivity contribution is 8.02. The van der Waals surface area contributed by atoms with Gasteiger partial charge in [-0.05, 0) is 13.8 Å². The van der Waals surface area contributed by atoms with Crippen LogP contribution in [0.4, 0.5) is 0 Å². The van der Waals surface area contributed by atoms with Crippen LogP contribution in [0.3, 0.4) is 0 Å². The fourth-order valence-corrected chi connectivity index (χ4v) is 1.81. The fourth-order valence-electron chi connectivity index (χ4n) is 0.449. The highest BCUT2D eigenvalue weighted by atomic mass is 32.2. The van der Waals surface area contributed by atoms with Crippen molar-refractivity contribution < 1.29 is 8.37 Å². The van der Waals surface area contributed by atoms with Gasteiger partial charge in [-0.1, -0.05) is 11.8 Å². The average Bonchev–Trinajstić information content (AvgIpc) is 1.64. The van der Waals surface area contributed by atoms with Gasteiger partial charge < -0.3 is 0 Å². The van der Waals surface area contributed by atoms with Gasteiger partial charge in [0.1, 0.15) is 10.9 Å². The Bertz CT molecular complexity index is 70.4. The number of hydrogen-bond acceptors (Lipinski definition) is 4. The Kier molecular flexibility index (Phi) is 2.49. The Morgan fingerprint density at radius 1 is 1.12 bits per heavy atom. The van der Waals surface area contributed by atoms with Gasteiger partial charge in [-0.2, -0.15) is 0 Å². The van der Waals surface area contributed by atoms with E-state index in [1.807, 2.05) is 13.8 Å². The summed E-state index contributed by atoms with van der Waals surface area (Å²) in [6, 6.07) is 0. The van der Waals surface area contributed by atoms with E-state index in [1.54, 1.807) is 11.8 Å². The number of hydrogen-bond donors (Lipinski definition) is 0. The molecule has 1 aliphatic heterocycles. The molecule has 2 unspecified atom stereocenters. The predicted octanol–water partition coefficient (Wildman–Crippen LogP) is 2.02. The molecule has 2 atom stereocenters. The number of rotatable bonds is 0. The molecule has 0 aromatic carbocycles. The molecule has 0 amide bonds. The zero-order valence-corrected chi connectivity index (χ0v) is 6.42. The van der Waals surface area contributed by atoms with Crippen molar-refractivity contribution in [2.45, 2.75) is 24.7 Å². The van der Waals surface area contributed by atoms with Crippen LogP contribution in [-0.4, -0.2) is 10.9 Å². The van der Waals surface area contributed by atoms with E-state index in [1.165, 1.54) is 0 Å². The quantitative estimate of drug-likeness (QED) is 0.494. The highest BCUT2D eigenvalue weighted by Gasteiger charge is 2.16. The third-order valence-corrected chi connectivity index (χ3v) is 2.67. The molecule has 1 aliphatic rings. The summed E-state index contributed by atoms with van der Waals surface area (Å²) >= 11 is 2.77. The summed E-state index contributed by atoms with van der Waals surface area (Å²) in [4.78, 5) is 0. The maximum Gasteiger partial charge on any atom is 0.160 e. The summed E-state index contributed by atoms with van der Waals surface area (Å²) in [6.07, 6.45) is 0. The molecule has 48 valence electrons. The SMILES string of the molecule is CC1OSOC(C)S1. The zero-order valence-electron chi connectivity index (χ0n) is 4.79. The molecule has 0 spiro atoms. The van der Waals surface area contributed by atoms with Crippen LogP contribution in [0, 0.1) is 0 Å². The van der Waals surface area contributed by atoms with Gasteiger partial charge in [-0.3, -0.25) is 8.37 Å². The van der Waals surface area contributed by atoms with Crippen molar-refractivity contribution >= 4 is 24.1 Å². The van der Waals surface area contributed by atoms with E-state index in [9.17, 15) is 0 Å². The molecule has 0 N–H and O–H groups in total. The summed E-state index contributed by atoms with van der Waals surface area (Å²) in [5.74, 6) is 0. The van der Waals surface area contributed by atoms with Gasteiger partial charge in [0.15, 0.2) is 12.3 Å².